The Balaban J connectivity index is 1.29. The zero-order valence-electron chi connectivity index (χ0n) is 16.8. The molecule has 0 radical (unpaired) electrons. The number of esters is 1. The number of carbonyl (C=O) groups excluding carboxylic acids is 1. The van der Waals surface area contributed by atoms with Crippen molar-refractivity contribution in [3.63, 3.8) is 0 Å². The molecule has 0 aliphatic carbocycles. The summed E-state index contributed by atoms with van der Waals surface area (Å²) in [5, 5.41) is 18.5. The van der Waals surface area contributed by atoms with E-state index in [1.807, 2.05) is 36.4 Å². The van der Waals surface area contributed by atoms with Gasteiger partial charge in [-0.3, -0.25) is 0 Å². The summed E-state index contributed by atoms with van der Waals surface area (Å²) in [5.74, 6) is -0.531. The highest BCUT2D eigenvalue weighted by Crippen LogP contribution is 2.22. The van der Waals surface area contributed by atoms with E-state index in [9.17, 15) is 14.7 Å². The number of aromatic nitrogens is 3. The van der Waals surface area contributed by atoms with Crippen LogP contribution >= 0.6 is 0 Å². The quantitative estimate of drug-likeness (QED) is 0.337. The third-order valence-electron chi connectivity index (χ3n) is 5.11. The predicted octanol–water partition coefficient (Wildman–Crippen LogP) is 3.65. The van der Waals surface area contributed by atoms with Crippen LogP contribution in [0.3, 0.4) is 0 Å². The van der Waals surface area contributed by atoms with Crippen LogP contribution in [0.5, 0.6) is 5.75 Å². The molecule has 0 spiro atoms. The number of aromatic hydroxyl groups is 1. The summed E-state index contributed by atoms with van der Waals surface area (Å²) in [7, 11) is 0. The van der Waals surface area contributed by atoms with E-state index in [0.29, 0.717) is 23.1 Å². The molecule has 0 fully saturated rings. The highest BCUT2D eigenvalue weighted by atomic mass is 16.5. The molecule has 8 nitrogen and oxygen atoms in total. The van der Waals surface area contributed by atoms with Gasteiger partial charge in [0, 0.05) is 23.1 Å². The second-order valence-corrected chi connectivity index (χ2v) is 7.28. The van der Waals surface area contributed by atoms with Crippen LogP contribution in [0.4, 0.5) is 0 Å². The highest BCUT2D eigenvalue weighted by Gasteiger charge is 2.12. The minimum Gasteiger partial charge on any atom is -0.508 e. The Morgan fingerprint density at radius 3 is 2.69 bits per heavy atom. The van der Waals surface area contributed by atoms with Crippen LogP contribution in [-0.4, -0.2) is 26.1 Å². The van der Waals surface area contributed by atoms with Crippen molar-refractivity contribution < 1.29 is 19.1 Å². The average Bonchev–Trinajstić information content (AvgIpc) is 3.20. The van der Waals surface area contributed by atoms with Crippen LogP contribution < -0.4 is 5.63 Å². The number of phenolic OH excluding ortho intramolecular Hbond substituents is 1. The first-order valence-electron chi connectivity index (χ1n) is 9.87. The number of phenols is 1. The second-order valence-electron chi connectivity index (χ2n) is 7.28. The second kappa shape index (κ2) is 7.99. The first-order valence-corrected chi connectivity index (χ1v) is 9.87. The van der Waals surface area contributed by atoms with E-state index in [1.54, 1.807) is 22.9 Å². The monoisotopic (exact) mass is 427 g/mol. The van der Waals surface area contributed by atoms with Crippen molar-refractivity contribution in [3.8, 4) is 5.75 Å². The van der Waals surface area contributed by atoms with Crippen LogP contribution in [-0.2, 0) is 17.9 Å². The van der Waals surface area contributed by atoms with Gasteiger partial charge in [-0.15, -0.1) is 5.10 Å². The van der Waals surface area contributed by atoms with Crippen molar-refractivity contribution >= 4 is 28.0 Å². The van der Waals surface area contributed by atoms with Gasteiger partial charge in [0.2, 0.25) is 0 Å². The SMILES string of the molecule is O=C(OCc1cc(=O)oc2cc(O)ccc12)c1ccc(Cn2nnc3ccccc32)cc1. The van der Waals surface area contributed by atoms with Gasteiger partial charge in [-0.2, -0.15) is 0 Å². The number of hydrogen-bond donors (Lipinski definition) is 1. The Morgan fingerprint density at radius 1 is 1.03 bits per heavy atom. The summed E-state index contributed by atoms with van der Waals surface area (Å²) in [4.78, 5) is 24.3. The van der Waals surface area contributed by atoms with Gasteiger partial charge in [-0.25, -0.2) is 14.3 Å². The van der Waals surface area contributed by atoms with Crippen molar-refractivity contribution in [2.24, 2.45) is 0 Å². The Hall–Kier alpha value is -4.46. The zero-order chi connectivity index (χ0) is 22.1. The number of ether oxygens (including phenoxy) is 1. The molecule has 0 atom stereocenters. The van der Waals surface area contributed by atoms with Crippen LogP contribution in [0, 0.1) is 0 Å². The number of benzene rings is 3. The Kier molecular flexibility index (Phi) is 4.87. The molecule has 1 N–H and O–H groups in total. The molecular formula is C24H17N3O5. The molecule has 0 saturated carbocycles. The van der Waals surface area contributed by atoms with Gasteiger partial charge in [0.25, 0.3) is 0 Å². The molecular weight excluding hydrogens is 410 g/mol. The summed E-state index contributed by atoms with van der Waals surface area (Å²) < 4.78 is 12.3. The van der Waals surface area contributed by atoms with E-state index in [-0.39, 0.29) is 17.9 Å². The number of fused-ring (bicyclic) bond motifs is 2. The van der Waals surface area contributed by atoms with Crippen molar-refractivity contribution in [3.05, 3.63) is 99.9 Å². The number of nitrogens with zero attached hydrogens (tertiary/aromatic N) is 3. The molecule has 0 aliphatic rings. The fourth-order valence-corrected chi connectivity index (χ4v) is 3.52. The number of para-hydroxylation sites is 1. The minimum absolute atomic E-state index is 0.0197. The largest absolute Gasteiger partial charge is 0.508 e. The third kappa shape index (κ3) is 3.81. The molecule has 5 aromatic rings. The number of hydrogen-bond acceptors (Lipinski definition) is 7. The van der Waals surface area contributed by atoms with Crippen LogP contribution in [0.15, 0.2) is 82.0 Å². The predicted molar refractivity (Wildman–Crippen MR) is 116 cm³/mol. The molecule has 5 rings (SSSR count). The van der Waals surface area contributed by atoms with Gasteiger partial charge in [-0.1, -0.05) is 29.5 Å². The molecule has 8 heteroatoms. The lowest BCUT2D eigenvalue weighted by molar-refractivity contribution is 0.0474. The molecule has 2 heterocycles. The van der Waals surface area contributed by atoms with Crippen LogP contribution in [0.25, 0.3) is 22.0 Å². The summed E-state index contributed by atoms with van der Waals surface area (Å²) >= 11 is 0. The first kappa shape index (κ1) is 19.5. The molecule has 0 aliphatic heterocycles. The summed E-state index contributed by atoms with van der Waals surface area (Å²) in [6.45, 7) is 0.423. The third-order valence-corrected chi connectivity index (χ3v) is 5.11. The van der Waals surface area contributed by atoms with E-state index in [4.69, 9.17) is 9.15 Å². The van der Waals surface area contributed by atoms with E-state index >= 15 is 0 Å². The Bertz CT molecular complexity index is 1500. The van der Waals surface area contributed by atoms with Gasteiger partial charge < -0.3 is 14.3 Å². The highest BCUT2D eigenvalue weighted by molar-refractivity contribution is 5.89. The van der Waals surface area contributed by atoms with E-state index in [1.165, 1.54) is 18.2 Å². The maximum absolute atomic E-state index is 12.5. The molecule has 0 amide bonds. The zero-order valence-corrected chi connectivity index (χ0v) is 16.8. The molecule has 158 valence electrons. The van der Waals surface area contributed by atoms with E-state index in [2.05, 4.69) is 10.3 Å². The lowest BCUT2D eigenvalue weighted by Gasteiger charge is -2.08. The maximum atomic E-state index is 12.5. The lowest BCUT2D eigenvalue weighted by Crippen LogP contribution is -2.08. The standard InChI is InChI=1S/C24H17N3O5/c28-18-9-10-19-17(11-23(29)32-22(19)12-18)14-31-24(30)16-7-5-15(6-8-16)13-27-21-4-2-1-3-20(21)25-26-27/h1-12,28H,13-14H2. The Morgan fingerprint density at radius 2 is 1.84 bits per heavy atom. The van der Waals surface area contributed by atoms with E-state index < -0.39 is 11.6 Å². The first-order chi connectivity index (χ1) is 15.6. The molecule has 3 aromatic carbocycles. The summed E-state index contributed by atoms with van der Waals surface area (Å²) in [6, 6.07) is 20.5. The average molecular weight is 427 g/mol. The molecule has 0 unspecified atom stereocenters. The molecule has 0 saturated heterocycles. The minimum atomic E-state index is -0.584. The summed E-state index contributed by atoms with van der Waals surface area (Å²) in [6.07, 6.45) is 0. The molecule has 2 aromatic heterocycles. The topological polar surface area (TPSA) is 107 Å². The Labute approximate surface area is 181 Å². The van der Waals surface area contributed by atoms with Gasteiger partial charge in [-0.05, 0) is 42.0 Å². The van der Waals surface area contributed by atoms with Crippen LogP contribution in [0.1, 0.15) is 21.5 Å². The molecule has 0 bridgehead atoms. The summed E-state index contributed by atoms with van der Waals surface area (Å²) in [5.41, 5.74) is 3.26. The smallest absolute Gasteiger partial charge is 0.338 e. The lowest BCUT2D eigenvalue weighted by atomic mass is 10.1. The van der Waals surface area contributed by atoms with Crippen molar-refractivity contribution in [1.82, 2.24) is 15.0 Å². The number of rotatable bonds is 5. The van der Waals surface area contributed by atoms with Gasteiger partial charge in [0.1, 0.15) is 23.5 Å². The van der Waals surface area contributed by atoms with Crippen LogP contribution in [0.2, 0.25) is 0 Å². The molecule has 32 heavy (non-hydrogen) atoms. The van der Waals surface area contributed by atoms with Crippen molar-refractivity contribution in [2.75, 3.05) is 0 Å². The van der Waals surface area contributed by atoms with Crippen molar-refractivity contribution in [2.45, 2.75) is 13.2 Å². The normalized spacial score (nSPS) is 11.1. The van der Waals surface area contributed by atoms with E-state index in [0.717, 1.165) is 16.6 Å². The van der Waals surface area contributed by atoms with Crippen molar-refractivity contribution in [1.29, 1.82) is 0 Å². The fourth-order valence-electron chi connectivity index (χ4n) is 3.52. The van der Waals surface area contributed by atoms with Gasteiger partial charge in [0.05, 0.1) is 17.6 Å². The van der Waals surface area contributed by atoms with Gasteiger partial charge >= 0.3 is 11.6 Å². The number of carbonyl (C=O) groups is 1. The van der Waals surface area contributed by atoms with Gasteiger partial charge in [0.15, 0.2) is 0 Å². The maximum Gasteiger partial charge on any atom is 0.338 e. The fraction of sp³-hybridized carbons (Fsp3) is 0.0833.